The molecule has 1 aromatic carbocycles. The molecule has 3 rings (SSSR count). The third-order valence-electron chi connectivity index (χ3n) is 3.09. The minimum absolute atomic E-state index is 0.262. The van der Waals surface area contributed by atoms with Crippen LogP contribution in [0.1, 0.15) is 6.92 Å². The second-order valence-corrected chi connectivity index (χ2v) is 5.65. The number of aliphatic hydroxyl groups is 1. The Morgan fingerprint density at radius 2 is 2.05 bits per heavy atom. The van der Waals surface area contributed by atoms with Gasteiger partial charge in [-0.1, -0.05) is 12.1 Å². The Morgan fingerprint density at radius 3 is 2.76 bits per heavy atom. The Balaban J connectivity index is 2.08. The number of fused-ring (bicyclic) bond motifs is 1. The van der Waals surface area contributed by atoms with Crippen molar-refractivity contribution in [2.75, 3.05) is 11.9 Å². The van der Waals surface area contributed by atoms with Crippen molar-refractivity contribution in [3.8, 4) is 11.1 Å². The zero-order valence-electron chi connectivity index (χ0n) is 11.4. The van der Waals surface area contributed by atoms with Gasteiger partial charge in [-0.15, -0.1) is 11.3 Å². The van der Waals surface area contributed by atoms with Gasteiger partial charge in [-0.05, 0) is 24.6 Å². The predicted molar refractivity (Wildman–Crippen MR) is 83.0 cm³/mol. The number of aromatic nitrogens is 2. The highest BCUT2D eigenvalue weighted by atomic mass is 32.1. The van der Waals surface area contributed by atoms with Gasteiger partial charge in [0.05, 0.1) is 11.5 Å². The summed E-state index contributed by atoms with van der Waals surface area (Å²) in [6.45, 7) is 2.12. The van der Waals surface area contributed by atoms with Crippen LogP contribution in [0.15, 0.2) is 36.0 Å². The molecule has 6 heteroatoms. The maximum Gasteiger partial charge on any atom is 0.138 e. The quantitative estimate of drug-likeness (QED) is 0.776. The highest BCUT2D eigenvalue weighted by Crippen LogP contribution is 2.36. The van der Waals surface area contributed by atoms with E-state index in [9.17, 15) is 9.50 Å². The number of benzene rings is 1. The van der Waals surface area contributed by atoms with E-state index >= 15 is 0 Å². The first-order chi connectivity index (χ1) is 10.1. The molecule has 0 saturated heterocycles. The zero-order chi connectivity index (χ0) is 14.8. The van der Waals surface area contributed by atoms with Crippen LogP contribution in [0, 0.1) is 5.82 Å². The summed E-state index contributed by atoms with van der Waals surface area (Å²) < 4.78 is 13.1. The van der Waals surface area contributed by atoms with Crippen LogP contribution in [0.25, 0.3) is 21.3 Å². The molecule has 108 valence electrons. The molecule has 2 N–H and O–H groups in total. The Bertz CT molecular complexity index is 755. The Morgan fingerprint density at radius 1 is 1.29 bits per heavy atom. The molecule has 0 bridgehead atoms. The first-order valence-electron chi connectivity index (χ1n) is 6.55. The van der Waals surface area contributed by atoms with Crippen molar-refractivity contribution in [3.05, 3.63) is 41.8 Å². The molecule has 0 radical (unpaired) electrons. The lowest BCUT2D eigenvalue weighted by Crippen LogP contribution is -2.16. The molecule has 0 saturated carbocycles. The van der Waals surface area contributed by atoms with Gasteiger partial charge in [-0.3, -0.25) is 0 Å². The number of thiophene rings is 1. The van der Waals surface area contributed by atoms with E-state index < -0.39 is 6.10 Å². The third kappa shape index (κ3) is 2.86. The minimum Gasteiger partial charge on any atom is -0.392 e. The van der Waals surface area contributed by atoms with Gasteiger partial charge in [-0.2, -0.15) is 0 Å². The van der Waals surface area contributed by atoms with E-state index in [2.05, 4.69) is 15.3 Å². The molecule has 3 aromatic rings. The second kappa shape index (κ2) is 5.75. The fourth-order valence-corrected chi connectivity index (χ4v) is 3.01. The Labute approximate surface area is 125 Å². The summed E-state index contributed by atoms with van der Waals surface area (Å²) in [5, 5.41) is 15.4. The molecular formula is C15H14FN3OS. The number of hydrogen-bond acceptors (Lipinski definition) is 5. The van der Waals surface area contributed by atoms with Gasteiger partial charge >= 0.3 is 0 Å². The van der Waals surface area contributed by atoms with Gasteiger partial charge in [0.2, 0.25) is 0 Å². The normalized spacial score (nSPS) is 12.5. The van der Waals surface area contributed by atoms with E-state index in [4.69, 9.17) is 0 Å². The summed E-state index contributed by atoms with van der Waals surface area (Å²) in [6.07, 6.45) is 1.03. The molecule has 0 aliphatic heterocycles. The maximum atomic E-state index is 13.1. The van der Waals surface area contributed by atoms with Gasteiger partial charge in [0, 0.05) is 17.5 Å². The third-order valence-corrected chi connectivity index (χ3v) is 3.98. The molecule has 0 aliphatic carbocycles. The molecule has 4 nitrogen and oxygen atoms in total. The fraction of sp³-hybridized carbons (Fsp3) is 0.200. The summed E-state index contributed by atoms with van der Waals surface area (Å²) in [5.74, 6) is 0.420. The second-order valence-electron chi connectivity index (χ2n) is 4.79. The van der Waals surface area contributed by atoms with Crippen molar-refractivity contribution < 1.29 is 9.50 Å². The molecular weight excluding hydrogens is 289 g/mol. The smallest absolute Gasteiger partial charge is 0.138 e. The van der Waals surface area contributed by atoms with Crippen molar-refractivity contribution in [1.29, 1.82) is 0 Å². The van der Waals surface area contributed by atoms with Gasteiger partial charge in [-0.25, -0.2) is 14.4 Å². The van der Waals surface area contributed by atoms with E-state index in [-0.39, 0.29) is 5.82 Å². The van der Waals surface area contributed by atoms with Gasteiger partial charge in [0.15, 0.2) is 0 Å². The number of aliphatic hydroxyl groups excluding tert-OH is 1. The van der Waals surface area contributed by atoms with Gasteiger partial charge in [0.1, 0.15) is 22.8 Å². The van der Waals surface area contributed by atoms with Crippen molar-refractivity contribution in [1.82, 2.24) is 9.97 Å². The van der Waals surface area contributed by atoms with E-state index in [0.717, 1.165) is 21.3 Å². The van der Waals surface area contributed by atoms with Crippen LogP contribution in [0.5, 0.6) is 0 Å². The molecule has 0 amide bonds. The Hall–Kier alpha value is -2.05. The standard InChI is InChI=1S/C15H14FN3OS/c1-9(20)6-17-14-13-12(7-21-15(13)19-8-18-14)10-2-4-11(16)5-3-10/h2-5,7-9,20H,6H2,1H3,(H,17,18,19). The lowest BCUT2D eigenvalue weighted by Gasteiger charge is -2.09. The van der Waals surface area contributed by atoms with E-state index in [0.29, 0.717) is 12.4 Å². The summed E-state index contributed by atoms with van der Waals surface area (Å²) >= 11 is 1.51. The average molecular weight is 303 g/mol. The highest BCUT2D eigenvalue weighted by molar-refractivity contribution is 7.17. The largest absolute Gasteiger partial charge is 0.392 e. The minimum atomic E-state index is -0.470. The van der Waals surface area contributed by atoms with Crippen molar-refractivity contribution in [2.24, 2.45) is 0 Å². The summed E-state index contributed by atoms with van der Waals surface area (Å²) in [5.41, 5.74) is 1.88. The first-order valence-corrected chi connectivity index (χ1v) is 7.43. The van der Waals surface area contributed by atoms with Gasteiger partial charge < -0.3 is 10.4 Å². The fourth-order valence-electron chi connectivity index (χ4n) is 2.10. The molecule has 1 atom stereocenters. The number of hydrogen-bond donors (Lipinski definition) is 2. The molecule has 0 spiro atoms. The maximum absolute atomic E-state index is 13.1. The summed E-state index contributed by atoms with van der Waals surface area (Å²) in [4.78, 5) is 9.38. The van der Waals surface area contributed by atoms with Crippen LogP contribution in [0.2, 0.25) is 0 Å². The lowest BCUT2D eigenvalue weighted by atomic mass is 10.1. The molecule has 0 fully saturated rings. The van der Waals surface area contributed by atoms with Crippen LogP contribution < -0.4 is 5.32 Å². The SMILES string of the molecule is CC(O)CNc1ncnc2scc(-c3ccc(F)cc3)c12. The number of rotatable bonds is 4. The summed E-state index contributed by atoms with van der Waals surface area (Å²) in [7, 11) is 0. The monoisotopic (exact) mass is 303 g/mol. The predicted octanol–water partition coefficient (Wildman–Crippen LogP) is 3.29. The van der Waals surface area contributed by atoms with Crippen molar-refractivity contribution >= 4 is 27.4 Å². The summed E-state index contributed by atoms with van der Waals surface area (Å²) in [6, 6.07) is 6.35. The zero-order valence-corrected chi connectivity index (χ0v) is 12.2. The van der Waals surface area contributed by atoms with E-state index in [1.54, 1.807) is 19.1 Å². The molecule has 21 heavy (non-hydrogen) atoms. The van der Waals surface area contributed by atoms with E-state index in [1.807, 2.05) is 5.38 Å². The first kappa shape index (κ1) is 13.9. The molecule has 2 aromatic heterocycles. The molecule has 0 aliphatic rings. The average Bonchev–Trinajstić information content (AvgIpc) is 2.90. The van der Waals surface area contributed by atoms with Gasteiger partial charge in [0.25, 0.3) is 0 Å². The van der Waals surface area contributed by atoms with Crippen molar-refractivity contribution in [2.45, 2.75) is 13.0 Å². The van der Waals surface area contributed by atoms with Crippen LogP contribution >= 0.6 is 11.3 Å². The van der Waals surface area contributed by atoms with Crippen LogP contribution in [-0.2, 0) is 0 Å². The lowest BCUT2D eigenvalue weighted by molar-refractivity contribution is 0.208. The topological polar surface area (TPSA) is 58.0 Å². The highest BCUT2D eigenvalue weighted by Gasteiger charge is 2.13. The number of nitrogens with zero attached hydrogens (tertiary/aromatic N) is 2. The van der Waals surface area contributed by atoms with Crippen LogP contribution in [-0.4, -0.2) is 27.7 Å². The number of anilines is 1. The Kier molecular flexibility index (Phi) is 3.81. The van der Waals surface area contributed by atoms with Crippen LogP contribution in [0.3, 0.4) is 0 Å². The van der Waals surface area contributed by atoms with Crippen LogP contribution in [0.4, 0.5) is 10.2 Å². The number of nitrogens with one attached hydrogen (secondary N) is 1. The number of halogens is 1. The molecule has 1 unspecified atom stereocenters. The molecule has 2 heterocycles. The van der Waals surface area contributed by atoms with Crippen molar-refractivity contribution in [3.63, 3.8) is 0 Å². The van der Waals surface area contributed by atoms with E-state index in [1.165, 1.54) is 29.8 Å².